The standard InChI is InChI=1S/C18H22N2O/c1-18(2,3)17(21)20-13-15(14-9-5-4-6-10-14)16-11-7-8-12-19-16/h4-12,15H,13H2,1-3H3,(H,20,21). The van der Waals surface area contributed by atoms with Crippen molar-refractivity contribution in [3.63, 3.8) is 0 Å². The van der Waals surface area contributed by atoms with Crippen LogP contribution in [0.5, 0.6) is 0 Å². The van der Waals surface area contributed by atoms with Gasteiger partial charge < -0.3 is 5.32 Å². The molecule has 1 amide bonds. The fourth-order valence-corrected chi connectivity index (χ4v) is 2.12. The zero-order valence-corrected chi connectivity index (χ0v) is 12.8. The molecule has 1 heterocycles. The molecule has 2 rings (SSSR count). The summed E-state index contributed by atoms with van der Waals surface area (Å²) >= 11 is 0. The van der Waals surface area contributed by atoms with E-state index in [4.69, 9.17) is 0 Å². The van der Waals surface area contributed by atoms with Crippen LogP contribution in [0.3, 0.4) is 0 Å². The van der Waals surface area contributed by atoms with E-state index in [0.717, 1.165) is 11.3 Å². The van der Waals surface area contributed by atoms with Crippen molar-refractivity contribution in [3.05, 3.63) is 66.0 Å². The first-order valence-corrected chi connectivity index (χ1v) is 7.22. The second kappa shape index (κ2) is 6.53. The van der Waals surface area contributed by atoms with E-state index in [1.807, 2.05) is 57.2 Å². The molecular weight excluding hydrogens is 260 g/mol. The highest BCUT2D eigenvalue weighted by atomic mass is 16.2. The molecule has 0 aliphatic carbocycles. The Morgan fingerprint density at radius 2 is 1.76 bits per heavy atom. The van der Waals surface area contributed by atoms with Gasteiger partial charge in [-0.3, -0.25) is 9.78 Å². The number of aromatic nitrogens is 1. The van der Waals surface area contributed by atoms with E-state index in [9.17, 15) is 4.79 Å². The maximum absolute atomic E-state index is 12.1. The van der Waals surface area contributed by atoms with Crippen LogP contribution in [0.25, 0.3) is 0 Å². The molecule has 110 valence electrons. The van der Waals surface area contributed by atoms with Crippen LogP contribution in [0.2, 0.25) is 0 Å². The summed E-state index contributed by atoms with van der Waals surface area (Å²) < 4.78 is 0. The van der Waals surface area contributed by atoms with Crippen molar-refractivity contribution in [2.45, 2.75) is 26.7 Å². The van der Waals surface area contributed by atoms with Crippen molar-refractivity contribution in [1.29, 1.82) is 0 Å². The zero-order valence-electron chi connectivity index (χ0n) is 12.8. The number of nitrogens with zero attached hydrogens (tertiary/aromatic N) is 1. The Balaban J connectivity index is 2.20. The van der Waals surface area contributed by atoms with Crippen LogP contribution in [0, 0.1) is 5.41 Å². The number of benzene rings is 1. The maximum Gasteiger partial charge on any atom is 0.225 e. The Labute approximate surface area is 126 Å². The lowest BCUT2D eigenvalue weighted by Gasteiger charge is -2.22. The van der Waals surface area contributed by atoms with Crippen LogP contribution >= 0.6 is 0 Å². The summed E-state index contributed by atoms with van der Waals surface area (Å²) in [7, 11) is 0. The summed E-state index contributed by atoms with van der Waals surface area (Å²) in [6, 6.07) is 16.0. The Kier molecular flexibility index (Phi) is 4.73. The first kappa shape index (κ1) is 15.2. The first-order chi connectivity index (χ1) is 9.98. The number of rotatable bonds is 4. The molecule has 0 radical (unpaired) electrons. The Hall–Kier alpha value is -2.16. The minimum atomic E-state index is -0.384. The summed E-state index contributed by atoms with van der Waals surface area (Å²) in [6.45, 7) is 6.30. The Morgan fingerprint density at radius 3 is 2.33 bits per heavy atom. The largest absolute Gasteiger partial charge is 0.355 e. The molecule has 0 saturated carbocycles. The van der Waals surface area contributed by atoms with Crippen molar-refractivity contribution in [2.24, 2.45) is 5.41 Å². The van der Waals surface area contributed by atoms with Crippen molar-refractivity contribution in [1.82, 2.24) is 10.3 Å². The highest BCUT2D eigenvalue weighted by Crippen LogP contribution is 2.22. The van der Waals surface area contributed by atoms with Crippen molar-refractivity contribution in [3.8, 4) is 0 Å². The van der Waals surface area contributed by atoms with Gasteiger partial charge in [-0.1, -0.05) is 57.2 Å². The molecule has 1 N–H and O–H groups in total. The number of carbonyl (C=O) groups excluding carboxylic acids is 1. The van der Waals surface area contributed by atoms with E-state index in [1.165, 1.54) is 0 Å². The molecule has 0 spiro atoms. The molecule has 2 aromatic rings. The lowest BCUT2D eigenvalue weighted by molar-refractivity contribution is -0.128. The van der Waals surface area contributed by atoms with Crippen LogP contribution in [0.4, 0.5) is 0 Å². The van der Waals surface area contributed by atoms with Crippen molar-refractivity contribution >= 4 is 5.91 Å². The lowest BCUT2D eigenvalue weighted by Crippen LogP contribution is -2.37. The van der Waals surface area contributed by atoms with E-state index in [0.29, 0.717) is 6.54 Å². The van der Waals surface area contributed by atoms with E-state index < -0.39 is 0 Å². The fraction of sp³-hybridized carbons (Fsp3) is 0.333. The van der Waals surface area contributed by atoms with Gasteiger partial charge in [-0.2, -0.15) is 0 Å². The average Bonchev–Trinajstić information content (AvgIpc) is 2.48. The molecule has 3 heteroatoms. The molecule has 1 atom stereocenters. The van der Waals surface area contributed by atoms with Gasteiger partial charge in [0.25, 0.3) is 0 Å². The van der Waals surface area contributed by atoms with Crippen LogP contribution in [-0.4, -0.2) is 17.4 Å². The Morgan fingerprint density at radius 1 is 1.10 bits per heavy atom. The second-order valence-electron chi connectivity index (χ2n) is 6.18. The quantitative estimate of drug-likeness (QED) is 0.934. The predicted octanol–water partition coefficient (Wildman–Crippen LogP) is 3.38. The van der Waals surface area contributed by atoms with E-state index in [2.05, 4.69) is 22.4 Å². The predicted molar refractivity (Wildman–Crippen MR) is 85.0 cm³/mol. The van der Waals surface area contributed by atoms with Crippen molar-refractivity contribution in [2.75, 3.05) is 6.54 Å². The highest BCUT2D eigenvalue weighted by molar-refractivity contribution is 5.81. The molecule has 0 saturated heterocycles. The summed E-state index contributed by atoms with van der Waals surface area (Å²) in [4.78, 5) is 16.5. The highest BCUT2D eigenvalue weighted by Gasteiger charge is 2.23. The number of nitrogens with one attached hydrogen (secondary N) is 1. The van der Waals surface area contributed by atoms with E-state index >= 15 is 0 Å². The molecule has 0 aliphatic heterocycles. The van der Waals surface area contributed by atoms with Gasteiger partial charge in [0.1, 0.15) is 0 Å². The van der Waals surface area contributed by atoms with Crippen LogP contribution in [-0.2, 0) is 4.79 Å². The monoisotopic (exact) mass is 282 g/mol. The van der Waals surface area contributed by atoms with Gasteiger partial charge in [-0.25, -0.2) is 0 Å². The smallest absolute Gasteiger partial charge is 0.225 e. The van der Waals surface area contributed by atoms with Crippen molar-refractivity contribution < 1.29 is 4.79 Å². The van der Waals surface area contributed by atoms with Gasteiger partial charge in [0.15, 0.2) is 0 Å². The third kappa shape index (κ3) is 4.15. The van der Waals surface area contributed by atoms with Gasteiger partial charge in [0.2, 0.25) is 5.91 Å². The van der Waals surface area contributed by atoms with E-state index in [1.54, 1.807) is 6.20 Å². The molecule has 0 aliphatic rings. The summed E-state index contributed by atoms with van der Waals surface area (Å²) in [6.07, 6.45) is 1.79. The molecule has 1 aromatic carbocycles. The molecule has 3 nitrogen and oxygen atoms in total. The number of hydrogen-bond donors (Lipinski definition) is 1. The zero-order chi connectivity index (χ0) is 15.3. The third-order valence-electron chi connectivity index (χ3n) is 3.39. The third-order valence-corrected chi connectivity index (χ3v) is 3.39. The van der Waals surface area contributed by atoms with Crippen LogP contribution in [0.15, 0.2) is 54.7 Å². The molecule has 1 unspecified atom stereocenters. The fourth-order valence-electron chi connectivity index (χ4n) is 2.12. The van der Waals surface area contributed by atoms with Gasteiger partial charge in [-0.05, 0) is 17.7 Å². The molecule has 21 heavy (non-hydrogen) atoms. The first-order valence-electron chi connectivity index (χ1n) is 7.22. The van der Waals surface area contributed by atoms with Gasteiger partial charge in [0, 0.05) is 29.8 Å². The Bertz CT molecular complexity index is 534. The number of pyridine rings is 1. The van der Waals surface area contributed by atoms with Crippen LogP contribution < -0.4 is 5.32 Å². The minimum Gasteiger partial charge on any atom is -0.355 e. The SMILES string of the molecule is CC(C)(C)C(=O)NCC(c1ccccc1)c1ccccn1. The summed E-state index contributed by atoms with van der Waals surface area (Å²) in [5.41, 5.74) is 1.74. The molecule has 0 fully saturated rings. The topological polar surface area (TPSA) is 42.0 Å². The number of hydrogen-bond acceptors (Lipinski definition) is 2. The van der Waals surface area contributed by atoms with E-state index in [-0.39, 0.29) is 17.2 Å². The summed E-state index contributed by atoms with van der Waals surface area (Å²) in [5, 5.41) is 3.04. The maximum atomic E-state index is 12.1. The molecular formula is C18H22N2O. The summed E-state index contributed by atoms with van der Waals surface area (Å²) in [5.74, 6) is 0.123. The van der Waals surface area contributed by atoms with Gasteiger partial charge in [0.05, 0.1) is 0 Å². The molecule has 1 aromatic heterocycles. The van der Waals surface area contributed by atoms with Gasteiger partial charge >= 0.3 is 0 Å². The lowest BCUT2D eigenvalue weighted by atomic mass is 9.92. The van der Waals surface area contributed by atoms with Gasteiger partial charge in [-0.15, -0.1) is 0 Å². The minimum absolute atomic E-state index is 0.0550. The molecule has 0 bridgehead atoms. The number of carbonyl (C=O) groups is 1. The van der Waals surface area contributed by atoms with Crippen LogP contribution in [0.1, 0.15) is 37.9 Å². The number of amides is 1. The average molecular weight is 282 g/mol. The second-order valence-corrected chi connectivity index (χ2v) is 6.18. The normalized spacial score (nSPS) is 12.7.